The Hall–Kier alpha value is -3.61. The maximum absolute atomic E-state index is 11.6. The quantitative estimate of drug-likeness (QED) is 0.315. The van der Waals surface area contributed by atoms with Gasteiger partial charge in [-0.3, -0.25) is 4.90 Å². The Labute approximate surface area is 206 Å². The molecule has 0 unspecified atom stereocenters. The van der Waals surface area contributed by atoms with Crippen molar-refractivity contribution in [2.24, 2.45) is 0 Å². The molecule has 0 N–H and O–H groups in total. The molecule has 0 aliphatic carbocycles. The van der Waals surface area contributed by atoms with E-state index in [-0.39, 0.29) is 6.10 Å². The molecule has 35 heavy (non-hydrogen) atoms. The standard InChI is InChI=1S/C29H27NO4S/c1-35(31,32)29-17-11-24(12-18-29)23-9-15-27(16-10-23)34-28-20-30(21-28)19-22-7-13-26(14-8-22)33-25-5-3-2-4-6-25/h2-18,28H,19-21H2,1H3. The molecule has 0 spiro atoms. The van der Waals surface area contributed by atoms with Crippen LogP contribution in [0, 0.1) is 0 Å². The SMILES string of the molecule is CS(=O)(=O)c1ccc(-c2ccc(OC3CN(Cc4ccc(Oc5ccccc5)cc4)C3)cc2)cc1. The first-order valence-electron chi connectivity index (χ1n) is 11.5. The molecule has 4 aromatic rings. The van der Waals surface area contributed by atoms with Crippen LogP contribution in [0.2, 0.25) is 0 Å². The van der Waals surface area contributed by atoms with E-state index in [9.17, 15) is 8.42 Å². The van der Waals surface area contributed by atoms with Crippen LogP contribution in [0.1, 0.15) is 5.56 Å². The topological polar surface area (TPSA) is 55.8 Å². The zero-order valence-corrected chi connectivity index (χ0v) is 20.3. The van der Waals surface area contributed by atoms with Crippen molar-refractivity contribution in [1.82, 2.24) is 4.90 Å². The van der Waals surface area contributed by atoms with Crippen LogP contribution in [0.25, 0.3) is 11.1 Å². The van der Waals surface area contributed by atoms with Gasteiger partial charge in [-0.1, -0.05) is 54.6 Å². The molecule has 0 aromatic heterocycles. The van der Waals surface area contributed by atoms with Gasteiger partial charge in [0.2, 0.25) is 0 Å². The molecular weight excluding hydrogens is 458 g/mol. The van der Waals surface area contributed by atoms with Crippen LogP contribution in [0.15, 0.2) is 108 Å². The molecule has 0 amide bonds. The van der Waals surface area contributed by atoms with Gasteiger partial charge < -0.3 is 9.47 Å². The Morgan fingerprint density at radius 3 is 1.86 bits per heavy atom. The molecular formula is C29H27NO4S. The van der Waals surface area contributed by atoms with Gasteiger partial charge in [0.05, 0.1) is 4.90 Å². The maximum atomic E-state index is 11.6. The van der Waals surface area contributed by atoms with Crippen molar-refractivity contribution in [3.63, 3.8) is 0 Å². The summed E-state index contributed by atoms with van der Waals surface area (Å²) >= 11 is 0. The van der Waals surface area contributed by atoms with Crippen LogP contribution in [0.5, 0.6) is 17.2 Å². The molecule has 178 valence electrons. The fourth-order valence-corrected chi connectivity index (χ4v) is 4.72. The summed E-state index contributed by atoms with van der Waals surface area (Å²) in [6, 6.07) is 32.9. The Bertz CT molecular complexity index is 1360. The van der Waals surface area contributed by atoms with E-state index < -0.39 is 9.84 Å². The van der Waals surface area contributed by atoms with Gasteiger partial charge in [-0.25, -0.2) is 8.42 Å². The highest BCUT2D eigenvalue weighted by atomic mass is 32.2. The molecule has 1 heterocycles. The van der Waals surface area contributed by atoms with Gasteiger partial charge in [0, 0.05) is 25.9 Å². The van der Waals surface area contributed by atoms with Gasteiger partial charge in [-0.15, -0.1) is 0 Å². The lowest BCUT2D eigenvalue weighted by molar-refractivity contribution is 0.0146. The number of hydrogen-bond donors (Lipinski definition) is 0. The summed E-state index contributed by atoms with van der Waals surface area (Å²) in [7, 11) is -3.19. The van der Waals surface area contributed by atoms with Crippen LogP contribution < -0.4 is 9.47 Å². The van der Waals surface area contributed by atoms with Gasteiger partial charge in [0.15, 0.2) is 9.84 Å². The third-order valence-corrected chi connectivity index (χ3v) is 7.13. The molecule has 5 rings (SSSR count). The van der Waals surface area contributed by atoms with Gasteiger partial charge in [0.1, 0.15) is 23.4 Å². The van der Waals surface area contributed by atoms with Crippen molar-refractivity contribution in [3.8, 4) is 28.4 Å². The highest BCUT2D eigenvalue weighted by Gasteiger charge is 2.28. The first-order chi connectivity index (χ1) is 16.9. The van der Waals surface area contributed by atoms with E-state index in [2.05, 4.69) is 17.0 Å². The zero-order valence-electron chi connectivity index (χ0n) is 19.5. The number of nitrogens with zero attached hydrogens (tertiary/aromatic N) is 1. The van der Waals surface area contributed by atoms with Crippen molar-refractivity contribution in [2.75, 3.05) is 19.3 Å². The maximum Gasteiger partial charge on any atom is 0.175 e. The van der Waals surface area contributed by atoms with Crippen LogP contribution >= 0.6 is 0 Å². The van der Waals surface area contributed by atoms with E-state index in [1.807, 2.05) is 78.9 Å². The molecule has 0 saturated carbocycles. The highest BCUT2D eigenvalue weighted by molar-refractivity contribution is 7.90. The average molecular weight is 486 g/mol. The lowest BCUT2D eigenvalue weighted by Gasteiger charge is -2.39. The Morgan fingerprint density at radius 2 is 1.26 bits per heavy atom. The molecule has 1 saturated heterocycles. The molecule has 5 nitrogen and oxygen atoms in total. The summed E-state index contributed by atoms with van der Waals surface area (Å²) in [5, 5.41) is 0. The highest BCUT2D eigenvalue weighted by Crippen LogP contribution is 2.26. The minimum Gasteiger partial charge on any atom is -0.488 e. The van der Waals surface area contributed by atoms with E-state index in [0.717, 1.165) is 48.0 Å². The number of sulfone groups is 1. The number of likely N-dealkylation sites (tertiary alicyclic amines) is 1. The van der Waals surface area contributed by atoms with E-state index in [0.29, 0.717) is 4.90 Å². The monoisotopic (exact) mass is 485 g/mol. The first kappa shape index (κ1) is 23.1. The second-order valence-corrected chi connectivity index (χ2v) is 10.8. The van der Waals surface area contributed by atoms with Gasteiger partial charge in [-0.2, -0.15) is 0 Å². The third-order valence-electron chi connectivity index (χ3n) is 6.00. The fraction of sp³-hybridized carbons (Fsp3) is 0.172. The molecule has 4 aromatic carbocycles. The van der Waals surface area contributed by atoms with Gasteiger partial charge in [0.25, 0.3) is 0 Å². The predicted octanol–water partition coefficient (Wildman–Crippen LogP) is 5.81. The number of benzene rings is 4. The second-order valence-electron chi connectivity index (χ2n) is 8.81. The predicted molar refractivity (Wildman–Crippen MR) is 138 cm³/mol. The van der Waals surface area contributed by atoms with Crippen molar-refractivity contribution < 1.29 is 17.9 Å². The molecule has 6 heteroatoms. The fourth-order valence-electron chi connectivity index (χ4n) is 4.08. The number of ether oxygens (including phenoxy) is 2. The van der Waals surface area contributed by atoms with Crippen molar-refractivity contribution in [3.05, 3.63) is 109 Å². The summed E-state index contributed by atoms with van der Waals surface area (Å²) in [5.74, 6) is 2.51. The zero-order chi connectivity index (χ0) is 24.3. The Morgan fingerprint density at radius 1 is 0.714 bits per heavy atom. The number of hydrogen-bond acceptors (Lipinski definition) is 5. The van der Waals surface area contributed by atoms with Crippen LogP contribution in [0.3, 0.4) is 0 Å². The Balaban J connectivity index is 1.09. The third kappa shape index (κ3) is 5.91. The van der Waals surface area contributed by atoms with E-state index in [1.165, 1.54) is 11.8 Å². The van der Waals surface area contributed by atoms with Crippen LogP contribution in [-0.4, -0.2) is 38.8 Å². The summed E-state index contributed by atoms with van der Waals surface area (Å²) in [6.07, 6.45) is 1.39. The van der Waals surface area contributed by atoms with Crippen LogP contribution in [0.4, 0.5) is 0 Å². The van der Waals surface area contributed by atoms with Gasteiger partial charge in [-0.05, 0) is 65.2 Å². The number of para-hydroxylation sites is 1. The van der Waals surface area contributed by atoms with E-state index in [1.54, 1.807) is 12.1 Å². The van der Waals surface area contributed by atoms with Gasteiger partial charge >= 0.3 is 0 Å². The largest absolute Gasteiger partial charge is 0.488 e. The first-order valence-corrected chi connectivity index (χ1v) is 13.4. The van der Waals surface area contributed by atoms with E-state index in [4.69, 9.17) is 9.47 Å². The average Bonchev–Trinajstić information content (AvgIpc) is 2.84. The summed E-state index contributed by atoms with van der Waals surface area (Å²) < 4.78 is 35.3. The summed E-state index contributed by atoms with van der Waals surface area (Å²) in [6.45, 7) is 2.65. The summed E-state index contributed by atoms with van der Waals surface area (Å²) in [4.78, 5) is 2.68. The Kier molecular flexibility index (Phi) is 6.57. The van der Waals surface area contributed by atoms with Crippen molar-refractivity contribution >= 4 is 9.84 Å². The molecule has 0 radical (unpaired) electrons. The molecule has 1 aliphatic rings. The normalized spacial score (nSPS) is 14.3. The molecule has 0 bridgehead atoms. The minimum absolute atomic E-state index is 0.176. The van der Waals surface area contributed by atoms with Crippen molar-refractivity contribution in [1.29, 1.82) is 0 Å². The second kappa shape index (κ2) is 9.94. The molecule has 1 aliphatic heterocycles. The lowest BCUT2D eigenvalue weighted by Crippen LogP contribution is -2.53. The van der Waals surface area contributed by atoms with E-state index >= 15 is 0 Å². The molecule has 1 fully saturated rings. The minimum atomic E-state index is -3.19. The van der Waals surface area contributed by atoms with Crippen LogP contribution in [-0.2, 0) is 16.4 Å². The number of rotatable bonds is 8. The molecule has 0 atom stereocenters. The lowest BCUT2D eigenvalue weighted by atomic mass is 10.1. The smallest absolute Gasteiger partial charge is 0.175 e. The summed E-state index contributed by atoms with van der Waals surface area (Å²) in [5.41, 5.74) is 3.24. The van der Waals surface area contributed by atoms with Crippen molar-refractivity contribution in [2.45, 2.75) is 17.5 Å².